The van der Waals surface area contributed by atoms with Crippen LogP contribution < -0.4 is 5.32 Å². The summed E-state index contributed by atoms with van der Waals surface area (Å²) in [5.74, 6) is 2.31. The number of carboxylic acids is 1. The van der Waals surface area contributed by atoms with Crippen LogP contribution in [0.25, 0.3) is 0 Å². The van der Waals surface area contributed by atoms with E-state index in [4.69, 9.17) is 11.5 Å². The van der Waals surface area contributed by atoms with Gasteiger partial charge < -0.3 is 10.4 Å². The monoisotopic (exact) mass is 312 g/mol. The Morgan fingerprint density at radius 3 is 2.70 bits per heavy atom. The van der Waals surface area contributed by atoms with E-state index in [0.717, 1.165) is 25.9 Å². The molecular weight excluding hydrogens is 292 g/mol. The van der Waals surface area contributed by atoms with E-state index in [0.29, 0.717) is 24.4 Å². The molecule has 4 rings (SSSR count). The van der Waals surface area contributed by atoms with E-state index < -0.39 is 5.97 Å². The molecule has 0 spiro atoms. The molecule has 0 aliphatic carbocycles. The van der Waals surface area contributed by atoms with E-state index in [1.807, 2.05) is 0 Å². The lowest BCUT2D eigenvalue weighted by atomic mass is 9.76. The molecule has 0 aromatic heterocycles. The Balaban J connectivity index is 1.63. The van der Waals surface area contributed by atoms with Gasteiger partial charge in [-0.3, -0.25) is 9.69 Å². The summed E-state index contributed by atoms with van der Waals surface area (Å²) in [4.78, 5) is 25.9. The average Bonchev–Trinajstić information content (AvgIpc) is 2.60. The fraction of sp³-hybridized carbons (Fsp3) is 0.444. The number of nitrogens with zero attached hydrogens (tertiary/aromatic N) is 1. The van der Waals surface area contributed by atoms with Gasteiger partial charge >= 0.3 is 5.97 Å². The normalized spacial score (nSPS) is 28.8. The third-order valence-electron chi connectivity index (χ3n) is 4.99. The lowest BCUT2D eigenvalue weighted by molar-refractivity contribution is 0.0227. The first-order valence-corrected chi connectivity index (χ1v) is 7.91. The predicted molar refractivity (Wildman–Crippen MR) is 86.1 cm³/mol. The second kappa shape index (κ2) is 6.43. The van der Waals surface area contributed by atoms with E-state index in [1.54, 1.807) is 18.2 Å². The first kappa shape index (κ1) is 15.6. The SMILES string of the molecule is C#CC1CN2CCC1CC2CNC(=O)c1ccccc1C(=O)O. The number of terminal acetylenes is 1. The highest BCUT2D eigenvalue weighted by molar-refractivity contribution is 6.04. The Labute approximate surface area is 135 Å². The highest BCUT2D eigenvalue weighted by Crippen LogP contribution is 2.35. The van der Waals surface area contributed by atoms with Crippen LogP contribution in [0.4, 0.5) is 0 Å². The standard InChI is InChI=1S/C18H20N2O3/c1-2-12-11-20-8-7-13(12)9-14(20)10-19-17(21)15-5-3-4-6-16(15)18(22)23/h1,3-6,12-14H,7-11H2,(H,19,21)(H,22,23). The number of benzene rings is 1. The van der Waals surface area contributed by atoms with Crippen LogP contribution >= 0.6 is 0 Å². The minimum absolute atomic E-state index is 0.0304. The molecule has 4 atom stereocenters. The van der Waals surface area contributed by atoms with Crippen molar-refractivity contribution < 1.29 is 14.7 Å². The second-order valence-electron chi connectivity index (χ2n) is 6.27. The number of carboxylic acid groups (broad SMARTS) is 1. The van der Waals surface area contributed by atoms with Crippen LogP contribution in [0.3, 0.4) is 0 Å². The summed E-state index contributed by atoms with van der Waals surface area (Å²) in [7, 11) is 0. The van der Waals surface area contributed by atoms with Crippen molar-refractivity contribution >= 4 is 11.9 Å². The maximum absolute atomic E-state index is 12.3. The predicted octanol–water partition coefficient (Wildman–Crippen LogP) is 1.46. The molecule has 120 valence electrons. The molecule has 1 aromatic carbocycles. The fourth-order valence-corrected chi connectivity index (χ4v) is 3.71. The summed E-state index contributed by atoms with van der Waals surface area (Å²) in [5, 5.41) is 12.1. The van der Waals surface area contributed by atoms with Gasteiger partial charge in [0.1, 0.15) is 0 Å². The van der Waals surface area contributed by atoms with E-state index >= 15 is 0 Å². The van der Waals surface area contributed by atoms with Crippen LogP contribution in [-0.2, 0) is 0 Å². The fourth-order valence-electron chi connectivity index (χ4n) is 3.71. The molecule has 3 fully saturated rings. The molecule has 5 heteroatoms. The molecule has 2 bridgehead atoms. The number of amides is 1. The first-order chi connectivity index (χ1) is 11.1. The summed E-state index contributed by atoms with van der Waals surface area (Å²) >= 11 is 0. The Morgan fingerprint density at radius 1 is 1.35 bits per heavy atom. The van der Waals surface area contributed by atoms with Gasteiger partial charge in [-0.05, 0) is 37.4 Å². The molecule has 1 amide bonds. The number of piperidine rings is 3. The molecule has 0 saturated carbocycles. The van der Waals surface area contributed by atoms with Crippen molar-refractivity contribution in [3.63, 3.8) is 0 Å². The zero-order valence-corrected chi connectivity index (χ0v) is 12.9. The van der Waals surface area contributed by atoms with Gasteiger partial charge in [0.25, 0.3) is 5.91 Å². The molecule has 5 nitrogen and oxygen atoms in total. The minimum atomic E-state index is -1.09. The molecule has 3 aliphatic heterocycles. The Morgan fingerprint density at radius 2 is 2.09 bits per heavy atom. The number of nitrogens with one attached hydrogen (secondary N) is 1. The summed E-state index contributed by atoms with van der Waals surface area (Å²) in [6.07, 6.45) is 7.70. The quantitative estimate of drug-likeness (QED) is 0.826. The van der Waals surface area contributed by atoms with Crippen molar-refractivity contribution in [1.82, 2.24) is 10.2 Å². The third-order valence-corrected chi connectivity index (χ3v) is 4.99. The molecule has 3 saturated heterocycles. The largest absolute Gasteiger partial charge is 0.478 e. The molecule has 0 radical (unpaired) electrons. The van der Waals surface area contributed by atoms with Gasteiger partial charge in [0.2, 0.25) is 0 Å². The van der Waals surface area contributed by atoms with Crippen molar-refractivity contribution in [1.29, 1.82) is 0 Å². The first-order valence-electron chi connectivity index (χ1n) is 7.91. The Kier molecular flexibility index (Phi) is 4.35. The van der Waals surface area contributed by atoms with E-state index in [-0.39, 0.29) is 17.0 Å². The topological polar surface area (TPSA) is 69.6 Å². The van der Waals surface area contributed by atoms with Gasteiger partial charge in [0, 0.05) is 25.0 Å². The smallest absolute Gasteiger partial charge is 0.336 e. The zero-order chi connectivity index (χ0) is 16.4. The summed E-state index contributed by atoms with van der Waals surface area (Å²) in [6.45, 7) is 2.45. The number of carbonyl (C=O) groups is 2. The molecule has 1 aromatic rings. The van der Waals surface area contributed by atoms with Crippen molar-refractivity contribution in [2.24, 2.45) is 11.8 Å². The van der Waals surface area contributed by atoms with Crippen molar-refractivity contribution in [2.75, 3.05) is 19.6 Å². The van der Waals surface area contributed by atoms with Gasteiger partial charge in [-0.2, -0.15) is 0 Å². The molecule has 2 N–H and O–H groups in total. The number of carbonyl (C=O) groups excluding carboxylic acids is 1. The van der Waals surface area contributed by atoms with Crippen LogP contribution in [0.5, 0.6) is 0 Å². The van der Waals surface area contributed by atoms with Gasteiger partial charge in [-0.15, -0.1) is 12.3 Å². The molecule has 4 unspecified atom stereocenters. The number of hydrogen-bond donors (Lipinski definition) is 2. The zero-order valence-electron chi connectivity index (χ0n) is 12.9. The number of hydrogen-bond acceptors (Lipinski definition) is 3. The highest BCUT2D eigenvalue weighted by atomic mass is 16.4. The summed E-state index contributed by atoms with van der Waals surface area (Å²) in [6, 6.07) is 6.57. The van der Waals surface area contributed by atoms with Crippen LogP contribution in [0.1, 0.15) is 33.6 Å². The lowest BCUT2D eigenvalue weighted by Gasteiger charge is -2.48. The van der Waals surface area contributed by atoms with E-state index in [1.165, 1.54) is 6.07 Å². The number of aromatic carboxylic acids is 1. The number of rotatable bonds is 4. The van der Waals surface area contributed by atoms with Crippen LogP contribution in [-0.4, -0.2) is 47.6 Å². The van der Waals surface area contributed by atoms with Gasteiger partial charge in [0.15, 0.2) is 0 Å². The molecular formula is C18H20N2O3. The average molecular weight is 312 g/mol. The van der Waals surface area contributed by atoms with Crippen LogP contribution in [0.15, 0.2) is 24.3 Å². The Bertz CT molecular complexity index is 664. The number of fused-ring (bicyclic) bond motifs is 3. The summed E-state index contributed by atoms with van der Waals surface area (Å²) in [5.41, 5.74) is 0.236. The van der Waals surface area contributed by atoms with Crippen molar-refractivity contribution in [3.8, 4) is 12.3 Å². The maximum Gasteiger partial charge on any atom is 0.336 e. The Hall–Kier alpha value is -2.32. The van der Waals surface area contributed by atoms with Gasteiger partial charge in [-0.25, -0.2) is 4.79 Å². The second-order valence-corrected chi connectivity index (χ2v) is 6.27. The third kappa shape index (κ3) is 3.08. The molecule has 3 heterocycles. The van der Waals surface area contributed by atoms with Crippen molar-refractivity contribution in [3.05, 3.63) is 35.4 Å². The maximum atomic E-state index is 12.3. The van der Waals surface area contributed by atoms with Crippen molar-refractivity contribution in [2.45, 2.75) is 18.9 Å². The molecule has 23 heavy (non-hydrogen) atoms. The minimum Gasteiger partial charge on any atom is -0.478 e. The van der Waals surface area contributed by atoms with Gasteiger partial charge in [0.05, 0.1) is 11.1 Å². The van der Waals surface area contributed by atoms with Crippen LogP contribution in [0, 0.1) is 24.2 Å². The van der Waals surface area contributed by atoms with Crippen LogP contribution in [0.2, 0.25) is 0 Å². The lowest BCUT2D eigenvalue weighted by Crippen LogP contribution is -2.56. The molecule has 3 aliphatic rings. The summed E-state index contributed by atoms with van der Waals surface area (Å²) < 4.78 is 0. The van der Waals surface area contributed by atoms with E-state index in [9.17, 15) is 9.59 Å². The van der Waals surface area contributed by atoms with Gasteiger partial charge in [-0.1, -0.05) is 12.1 Å². The van der Waals surface area contributed by atoms with E-state index in [2.05, 4.69) is 16.1 Å². The highest BCUT2D eigenvalue weighted by Gasteiger charge is 2.39.